The Morgan fingerprint density at radius 2 is 0.971 bits per heavy atom. The van der Waals surface area contributed by atoms with Crippen molar-refractivity contribution < 1.29 is 0 Å². The lowest BCUT2D eigenvalue weighted by molar-refractivity contribution is 0.332. The molecule has 2 aliphatic heterocycles. The van der Waals surface area contributed by atoms with E-state index in [1.165, 1.54) is 113 Å². The summed E-state index contributed by atoms with van der Waals surface area (Å²) in [5, 5.41) is 10.3. The average molecular weight is 922 g/mol. The third-order valence-electron chi connectivity index (χ3n) is 18.7. The van der Waals surface area contributed by atoms with Crippen molar-refractivity contribution in [1.82, 2.24) is 0 Å². The lowest BCUT2D eigenvalue weighted by Crippen LogP contribution is -2.62. The van der Waals surface area contributed by atoms with Crippen LogP contribution in [-0.2, 0) is 37.9 Å². The highest BCUT2D eigenvalue weighted by Crippen LogP contribution is 2.55. The van der Waals surface area contributed by atoms with Gasteiger partial charge in [0.05, 0.1) is 17.3 Å². The van der Waals surface area contributed by atoms with Crippen LogP contribution in [0.4, 0.5) is 34.1 Å². The Morgan fingerprint density at radius 3 is 1.54 bits per heavy atom. The third-order valence-corrected chi connectivity index (χ3v) is 18.7. The molecular weight excluding hydrogens is 846 g/mol. The van der Waals surface area contributed by atoms with E-state index in [9.17, 15) is 5.26 Å². The fourth-order valence-electron chi connectivity index (χ4n) is 13.7. The quantitative estimate of drug-likeness (QED) is 0.165. The molecule has 2 heterocycles. The number of nitrogens with zero attached hydrogens (tertiary/aromatic N) is 3. The van der Waals surface area contributed by atoms with E-state index in [4.69, 9.17) is 0 Å². The molecule has 0 saturated heterocycles. The van der Waals surface area contributed by atoms with Crippen molar-refractivity contribution in [3.8, 4) is 17.2 Å². The van der Waals surface area contributed by atoms with Gasteiger partial charge in [0, 0.05) is 34.0 Å². The molecule has 5 aliphatic rings. The van der Waals surface area contributed by atoms with Gasteiger partial charge in [0.25, 0.3) is 6.71 Å². The van der Waals surface area contributed by atoms with Gasteiger partial charge in [0.2, 0.25) is 0 Å². The SMILES string of the molecule is Cc1cc2c3c(c1)N(c1cc4c(cc1-c1cccc(C#N)c1)C(C)(C)CCC4(C)C)c1ccc(C(C)(C)C)cc1B3c1cc3c(cc1N2c1ccc2c(c1)C(C)(C)CCC2(C)C)C(C)(C)CCC3(C)C. The van der Waals surface area contributed by atoms with Crippen LogP contribution in [0.2, 0.25) is 0 Å². The lowest BCUT2D eigenvalue weighted by Gasteiger charge is -2.48. The Balaban J connectivity index is 1.29. The summed E-state index contributed by atoms with van der Waals surface area (Å²) >= 11 is 0. The molecule has 3 aliphatic carbocycles. The van der Waals surface area contributed by atoms with Gasteiger partial charge in [-0.1, -0.05) is 140 Å². The predicted molar refractivity (Wildman–Crippen MR) is 300 cm³/mol. The number of rotatable bonds is 3. The molecule has 6 aromatic carbocycles. The summed E-state index contributed by atoms with van der Waals surface area (Å²) in [4.78, 5) is 5.35. The molecule has 6 aromatic rings. The standard InChI is InChI=1S/C66H76BN3/c1-40-30-57-59-58(31-40)70(55-37-50-48(63(9,10)26-28-65(50,13)14)35-45(55)42-19-17-18-41(32-42)39-68)54-23-20-43(60(2,3)4)33-52(54)67(59)53-36-49-51(66(15,16)29-27-64(49,11)12)38-56(53)69(57)44-21-22-46-47(34-44)62(7,8)25-24-61(46,5)6/h17-23,30-38H,24-29H2,1-16H3. The smallest absolute Gasteiger partial charge is 0.252 e. The Morgan fingerprint density at radius 1 is 0.471 bits per heavy atom. The number of benzene rings is 6. The van der Waals surface area contributed by atoms with Crippen LogP contribution in [0.3, 0.4) is 0 Å². The molecule has 0 N–H and O–H groups in total. The third kappa shape index (κ3) is 7.01. The number of aryl methyl sites for hydroxylation is 1. The van der Waals surface area contributed by atoms with Gasteiger partial charge in [0.1, 0.15) is 0 Å². The van der Waals surface area contributed by atoms with Gasteiger partial charge >= 0.3 is 0 Å². The van der Waals surface area contributed by atoms with Gasteiger partial charge < -0.3 is 9.80 Å². The van der Waals surface area contributed by atoms with Crippen LogP contribution in [0.15, 0.2) is 97.1 Å². The van der Waals surface area contributed by atoms with Gasteiger partial charge in [-0.05, 0) is 210 Å². The highest BCUT2D eigenvalue weighted by Gasteiger charge is 2.48. The van der Waals surface area contributed by atoms with Gasteiger partial charge in [-0.3, -0.25) is 0 Å². The predicted octanol–water partition coefficient (Wildman–Crippen LogP) is 16.0. The van der Waals surface area contributed by atoms with Gasteiger partial charge in [-0.25, -0.2) is 0 Å². The minimum absolute atomic E-state index is 0.00269. The summed E-state index contributed by atoms with van der Waals surface area (Å²) in [6, 6.07) is 41.2. The van der Waals surface area contributed by atoms with E-state index in [1.807, 2.05) is 6.07 Å². The molecule has 0 unspecified atom stereocenters. The molecule has 0 fully saturated rings. The van der Waals surface area contributed by atoms with E-state index in [-0.39, 0.29) is 44.6 Å². The molecule has 0 atom stereocenters. The van der Waals surface area contributed by atoms with E-state index in [0.717, 1.165) is 31.2 Å². The van der Waals surface area contributed by atoms with Crippen molar-refractivity contribution in [3.63, 3.8) is 0 Å². The summed E-state index contributed by atoms with van der Waals surface area (Å²) in [6.45, 7) is 38.9. The maximum Gasteiger partial charge on any atom is 0.252 e. The molecule has 0 radical (unpaired) electrons. The molecule has 0 saturated carbocycles. The maximum absolute atomic E-state index is 10.3. The largest absolute Gasteiger partial charge is 0.311 e. The molecule has 70 heavy (non-hydrogen) atoms. The fourth-order valence-corrected chi connectivity index (χ4v) is 13.7. The maximum atomic E-state index is 10.3. The van der Waals surface area contributed by atoms with Crippen LogP contribution >= 0.6 is 0 Å². The van der Waals surface area contributed by atoms with E-state index in [2.05, 4.69) is 218 Å². The second-order valence-electron chi connectivity index (χ2n) is 27.4. The van der Waals surface area contributed by atoms with Gasteiger partial charge in [0.15, 0.2) is 0 Å². The number of anilines is 6. The van der Waals surface area contributed by atoms with Crippen molar-refractivity contribution in [2.75, 3.05) is 9.80 Å². The number of hydrogen-bond acceptors (Lipinski definition) is 3. The van der Waals surface area contributed by atoms with Crippen LogP contribution in [0, 0.1) is 18.3 Å². The Hall–Kier alpha value is -5.53. The normalized spacial score (nSPS) is 20.2. The van der Waals surface area contributed by atoms with E-state index in [0.29, 0.717) is 5.56 Å². The Labute approximate surface area is 421 Å². The summed E-state index contributed by atoms with van der Waals surface area (Å²) < 4.78 is 0. The first-order valence-electron chi connectivity index (χ1n) is 26.6. The van der Waals surface area contributed by atoms with Crippen LogP contribution in [-0.4, -0.2) is 6.71 Å². The minimum atomic E-state index is -0.0598. The molecule has 11 rings (SSSR count). The molecule has 4 heteroatoms. The minimum Gasteiger partial charge on any atom is -0.311 e. The molecule has 0 spiro atoms. The monoisotopic (exact) mass is 922 g/mol. The number of hydrogen-bond donors (Lipinski definition) is 0. The van der Waals surface area contributed by atoms with Crippen LogP contribution < -0.4 is 26.2 Å². The molecule has 3 nitrogen and oxygen atoms in total. The Bertz CT molecular complexity index is 3250. The zero-order chi connectivity index (χ0) is 50.0. The summed E-state index contributed by atoms with van der Waals surface area (Å²) in [7, 11) is 0. The van der Waals surface area contributed by atoms with Crippen LogP contribution in [0.5, 0.6) is 0 Å². The second kappa shape index (κ2) is 15.0. The Kier molecular flexibility index (Phi) is 10.0. The van der Waals surface area contributed by atoms with Crippen molar-refractivity contribution in [3.05, 3.63) is 147 Å². The molecular formula is C66H76BN3. The summed E-state index contributed by atoms with van der Waals surface area (Å²) in [5.41, 5.74) is 26.2. The first-order valence-corrected chi connectivity index (χ1v) is 26.6. The second-order valence-corrected chi connectivity index (χ2v) is 27.4. The summed E-state index contributed by atoms with van der Waals surface area (Å²) in [6.07, 6.45) is 6.94. The van der Waals surface area contributed by atoms with Gasteiger partial charge in [-0.15, -0.1) is 0 Å². The number of fused-ring (bicyclic) bond motifs is 7. The first-order chi connectivity index (χ1) is 32.6. The van der Waals surface area contributed by atoms with Crippen LogP contribution in [0.1, 0.15) is 192 Å². The van der Waals surface area contributed by atoms with Crippen molar-refractivity contribution in [1.29, 1.82) is 5.26 Å². The highest BCUT2D eigenvalue weighted by atomic mass is 15.2. The van der Waals surface area contributed by atoms with Crippen molar-refractivity contribution in [2.24, 2.45) is 0 Å². The lowest BCUT2D eigenvalue weighted by atomic mass is 9.33. The average Bonchev–Trinajstić information content (AvgIpc) is 3.29. The number of nitriles is 1. The van der Waals surface area contributed by atoms with E-state index >= 15 is 0 Å². The molecule has 358 valence electrons. The van der Waals surface area contributed by atoms with E-state index < -0.39 is 0 Å². The fraction of sp³-hybridized carbons (Fsp3) is 0.439. The molecule has 0 aromatic heterocycles. The molecule has 0 bridgehead atoms. The molecule has 0 amide bonds. The highest BCUT2D eigenvalue weighted by molar-refractivity contribution is 7.00. The van der Waals surface area contributed by atoms with Crippen LogP contribution in [0.25, 0.3) is 11.1 Å². The zero-order valence-corrected chi connectivity index (χ0v) is 45.4. The van der Waals surface area contributed by atoms with E-state index in [1.54, 1.807) is 0 Å². The first kappa shape index (κ1) is 46.8. The topological polar surface area (TPSA) is 30.3 Å². The van der Waals surface area contributed by atoms with Crippen molar-refractivity contribution >= 4 is 57.2 Å². The zero-order valence-electron chi connectivity index (χ0n) is 45.4. The van der Waals surface area contributed by atoms with Gasteiger partial charge in [-0.2, -0.15) is 5.26 Å². The summed E-state index contributed by atoms with van der Waals surface area (Å²) in [5.74, 6) is 0. The van der Waals surface area contributed by atoms with Crippen molar-refractivity contribution in [2.45, 2.75) is 187 Å².